The van der Waals surface area contributed by atoms with Gasteiger partial charge in [0.1, 0.15) is 5.75 Å². The second-order valence-corrected chi connectivity index (χ2v) is 6.60. The predicted molar refractivity (Wildman–Crippen MR) is 100 cm³/mol. The molecule has 0 aliphatic carbocycles. The molecular weight excluding hydrogens is 336 g/mol. The number of carbonyl (C=O) groups is 1. The Kier molecular flexibility index (Phi) is 5.95. The van der Waals surface area contributed by atoms with E-state index in [1.54, 1.807) is 19.2 Å². The van der Waals surface area contributed by atoms with Crippen LogP contribution in [0.2, 0.25) is 5.02 Å². The van der Waals surface area contributed by atoms with Crippen LogP contribution in [0.5, 0.6) is 5.75 Å². The van der Waals surface area contributed by atoms with E-state index in [4.69, 9.17) is 16.3 Å². The molecule has 1 N–H and O–H groups in total. The summed E-state index contributed by atoms with van der Waals surface area (Å²) >= 11 is 6.42. The summed E-state index contributed by atoms with van der Waals surface area (Å²) in [6.45, 7) is 2.57. The third kappa shape index (κ3) is 4.14. The molecule has 132 valence electrons. The maximum absolute atomic E-state index is 12.6. The maximum atomic E-state index is 12.6. The van der Waals surface area contributed by atoms with Gasteiger partial charge in [-0.15, -0.1) is 0 Å². The first-order chi connectivity index (χ1) is 12.2. The molecule has 1 unspecified atom stereocenters. The molecule has 0 saturated carbocycles. The first kappa shape index (κ1) is 17.8. The van der Waals surface area contributed by atoms with E-state index < -0.39 is 0 Å². The van der Waals surface area contributed by atoms with E-state index in [-0.39, 0.29) is 11.9 Å². The monoisotopic (exact) mass is 358 g/mol. The fraction of sp³-hybridized carbons (Fsp3) is 0.350. The Labute approximate surface area is 153 Å². The Bertz CT molecular complexity index is 729. The van der Waals surface area contributed by atoms with E-state index in [0.29, 0.717) is 17.9 Å². The van der Waals surface area contributed by atoms with E-state index in [9.17, 15) is 4.79 Å². The van der Waals surface area contributed by atoms with Crippen molar-refractivity contribution < 1.29 is 9.53 Å². The Hall–Kier alpha value is -2.04. The number of amides is 1. The number of methoxy groups -OCH3 is 1. The van der Waals surface area contributed by atoms with Crippen LogP contribution in [-0.2, 0) is 0 Å². The van der Waals surface area contributed by atoms with Gasteiger partial charge in [0.15, 0.2) is 0 Å². The fourth-order valence-corrected chi connectivity index (χ4v) is 3.61. The first-order valence-electron chi connectivity index (χ1n) is 8.60. The molecule has 1 atom stereocenters. The summed E-state index contributed by atoms with van der Waals surface area (Å²) in [5, 5.41) is 3.80. The molecule has 0 spiro atoms. The van der Waals surface area contributed by atoms with Crippen molar-refractivity contribution in [3.05, 3.63) is 64.7 Å². The summed E-state index contributed by atoms with van der Waals surface area (Å²) in [6, 6.07) is 15.2. The van der Waals surface area contributed by atoms with Crippen LogP contribution < -0.4 is 10.1 Å². The van der Waals surface area contributed by atoms with Crippen LogP contribution in [0, 0.1) is 0 Å². The number of rotatable bonds is 6. The molecule has 0 aromatic heterocycles. The third-order valence-electron chi connectivity index (χ3n) is 4.65. The zero-order valence-corrected chi connectivity index (χ0v) is 15.1. The molecular formula is C20H23ClN2O2. The minimum Gasteiger partial charge on any atom is -0.496 e. The molecule has 1 amide bonds. The lowest BCUT2D eigenvalue weighted by atomic mass is 10.0. The van der Waals surface area contributed by atoms with Crippen LogP contribution in [0.3, 0.4) is 0 Å². The van der Waals surface area contributed by atoms with Crippen molar-refractivity contribution in [3.63, 3.8) is 0 Å². The molecule has 5 heteroatoms. The number of para-hydroxylation sites is 1. The van der Waals surface area contributed by atoms with Gasteiger partial charge in [-0.1, -0.05) is 41.9 Å². The first-order valence-corrected chi connectivity index (χ1v) is 8.98. The molecule has 1 aliphatic rings. The van der Waals surface area contributed by atoms with Gasteiger partial charge < -0.3 is 10.1 Å². The quantitative estimate of drug-likeness (QED) is 0.851. The van der Waals surface area contributed by atoms with Crippen molar-refractivity contribution in [2.24, 2.45) is 0 Å². The summed E-state index contributed by atoms with van der Waals surface area (Å²) in [7, 11) is 1.57. The minimum absolute atomic E-state index is 0.0786. The van der Waals surface area contributed by atoms with Crippen LogP contribution in [0.25, 0.3) is 0 Å². The van der Waals surface area contributed by atoms with E-state index in [1.165, 1.54) is 12.8 Å². The molecule has 1 fully saturated rings. The second-order valence-electron chi connectivity index (χ2n) is 6.19. The minimum atomic E-state index is -0.131. The van der Waals surface area contributed by atoms with Crippen molar-refractivity contribution in [2.75, 3.05) is 26.7 Å². The average Bonchev–Trinajstić information content (AvgIpc) is 3.17. The molecule has 1 saturated heterocycles. The van der Waals surface area contributed by atoms with Crippen LogP contribution in [0.15, 0.2) is 48.5 Å². The van der Waals surface area contributed by atoms with Gasteiger partial charge in [0.2, 0.25) is 0 Å². The highest BCUT2D eigenvalue weighted by Gasteiger charge is 2.26. The van der Waals surface area contributed by atoms with E-state index in [0.717, 1.165) is 23.7 Å². The number of nitrogens with zero attached hydrogens (tertiary/aromatic N) is 1. The van der Waals surface area contributed by atoms with Gasteiger partial charge in [-0.05, 0) is 49.7 Å². The summed E-state index contributed by atoms with van der Waals surface area (Å²) in [6.07, 6.45) is 2.36. The molecule has 2 aromatic rings. The van der Waals surface area contributed by atoms with Gasteiger partial charge in [-0.3, -0.25) is 9.69 Å². The molecule has 0 bridgehead atoms. The number of ether oxygens (including phenoxy) is 1. The SMILES string of the molecule is COc1ccccc1C(=O)NCC(c1ccccc1Cl)N1CCCC1. The van der Waals surface area contributed by atoms with Crippen LogP contribution in [0.1, 0.15) is 34.8 Å². The van der Waals surface area contributed by atoms with Gasteiger partial charge in [0.05, 0.1) is 18.7 Å². The highest BCUT2D eigenvalue weighted by molar-refractivity contribution is 6.31. The zero-order chi connectivity index (χ0) is 17.6. The predicted octanol–water partition coefficient (Wildman–Crippen LogP) is 3.92. The van der Waals surface area contributed by atoms with Gasteiger partial charge in [0.25, 0.3) is 5.91 Å². The molecule has 1 heterocycles. The van der Waals surface area contributed by atoms with Gasteiger partial charge in [-0.25, -0.2) is 0 Å². The molecule has 1 aliphatic heterocycles. The van der Waals surface area contributed by atoms with Gasteiger partial charge >= 0.3 is 0 Å². The third-order valence-corrected chi connectivity index (χ3v) is 5.00. The van der Waals surface area contributed by atoms with Crippen LogP contribution in [0.4, 0.5) is 0 Å². The van der Waals surface area contributed by atoms with Crippen molar-refractivity contribution in [1.82, 2.24) is 10.2 Å². The number of nitrogens with one attached hydrogen (secondary N) is 1. The van der Waals surface area contributed by atoms with Crippen molar-refractivity contribution in [1.29, 1.82) is 0 Å². The van der Waals surface area contributed by atoms with Crippen molar-refractivity contribution in [3.8, 4) is 5.75 Å². The van der Waals surface area contributed by atoms with Gasteiger partial charge in [0, 0.05) is 11.6 Å². The molecule has 4 nitrogen and oxygen atoms in total. The zero-order valence-electron chi connectivity index (χ0n) is 14.4. The smallest absolute Gasteiger partial charge is 0.255 e. The number of hydrogen-bond donors (Lipinski definition) is 1. The number of likely N-dealkylation sites (tertiary alicyclic amines) is 1. The molecule has 25 heavy (non-hydrogen) atoms. The lowest BCUT2D eigenvalue weighted by molar-refractivity contribution is 0.0935. The Morgan fingerprint density at radius 3 is 2.56 bits per heavy atom. The highest BCUT2D eigenvalue weighted by atomic mass is 35.5. The largest absolute Gasteiger partial charge is 0.496 e. The van der Waals surface area contributed by atoms with Gasteiger partial charge in [-0.2, -0.15) is 0 Å². The molecule has 3 rings (SSSR count). The Morgan fingerprint density at radius 1 is 1.16 bits per heavy atom. The van der Waals surface area contributed by atoms with Crippen LogP contribution in [-0.4, -0.2) is 37.6 Å². The number of halogens is 1. The lowest BCUT2D eigenvalue weighted by Gasteiger charge is -2.29. The van der Waals surface area contributed by atoms with Crippen molar-refractivity contribution in [2.45, 2.75) is 18.9 Å². The lowest BCUT2D eigenvalue weighted by Crippen LogP contribution is -2.37. The summed E-state index contributed by atoms with van der Waals surface area (Å²) in [5.74, 6) is 0.448. The number of carbonyl (C=O) groups excluding carboxylic acids is 1. The Morgan fingerprint density at radius 2 is 1.84 bits per heavy atom. The van der Waals surface area contributed by atoms with Crippen molar-refractivity contribution >= 4 is 17.5 Å². The maximum Gasteiger partial charge on any atom is 0.255 e. The second kappa shape index (κ2) is 8.37. The summed E-state index contributed by atoms with van der Waals surface area (Å²) in [5.41, 5.74) is 1.61. The average molecular weight is 359 g/mol. The number of benzene rings is 2. The van der Waals surface area contributed by atoms with E-state index >= 15 is 0 Å². The molecule has 0 radical (unpaired) electrons. The van der Waals surface area contributed by atoms with E-state index in [2.05, 4.69) is 10.2 Å². The normalized spacial score (nSPS) is 15.8. The molecule has 2 aromatic carbocycles. The number of hydrogen-bond acceptors (Lipinski definition) is 3. The van der Waals surface area contributed by atoms with Crippen LogP contribution >= 0.6 is 11.6 Å². The standard InChI is InChI=1S/C20H23ClN2O2/c1-25-19-11-5-3-9-16(19)20(24)22-14-18(23-12-6-7-13-23)15-8-2-4-10-17(15)21/h2-5,8-11,18H,6-7,12-14H2,1H3,(H,22,24). The topological polar surface area (TPSA) is 41.6 Å². The summed E-state index contributed by atoms with van der Waals surface area (Å²) in [4.78, 5) is 15.0. The summed E-state index contributed by atoms with van der Waals surface area (Å²) < 4.78 is 5.28. The highest BCUT2D eigenvalue weighted by Crippen LogP contribution is 2.30. The van der Waals surface area contributed by atoms with E-state index in [1.807, 2.05) is 36.4 Å². The Balaban J connectivity index is 1.77. The fourth-order valence-electron chi connectivity index (χ4n) is 3.35.